The third-order valence-corrected chi connectivity index (χ3v) is 3.62. The van der Waals surface area contributed by atoms with Gasteiger partial charge in [0.15, 0.2) is 0 Å². The quantitative estimate of drug-likeness (QED) is 0.753. The average molecular weight is 212 g/mol. The Kier molecular flexibility index (Phi) is 5.66. The van der Waals surface area contributed by atoms with E-state index in [4.69, 9.17) is 5.11 Å². The SMILES string of the molecule is CC(C)C.OCCCC1CC2CCC1C2. The van der Waals surface area contributed by atoms with Gasteiger partial charge in [0, 0.05) is 6.61 Å². The van der Waals surface area contributed by atoms with Gasteiger partial charge in [0.1, 0.15) is 0 Å². The van der Waals surface area contributed by atoms with Crippen molar-refractivity contribution >= 4 is 0 Å². The summed E-state index contributed by atoms with van der Waals surface area (Å²) in [5.74, 6) is 3.94. The molecule has 0 saturated heterocycles. The lowest BCUT2D eigenvalue weighted by molar-refractivity contribution is 0.245. The van der Waals surface area contributed by atoms with Gasteiger partial charge in [-0.05, 0) is 55.8 Å². The van der Waals surface area contributed by atoms with Gasteiger partial charge in [-0.1, -0.05) is 27.2 Å². The lowest BCUT2D eigenvalue weighted by atomic mass is 9.86. The molecule has 1 N–H and O–H groups in total. The van der Waals surface area contributed by atoms with Crippen LogP contribution in [0.3, 0.4) is 0 Å². The van der Waals surface area contributed by atoms with E-state index in [1.807, 2.05) is 0 Å². The maximum atomic E-state index is 8.70. The summed E-state index contributed by atoms with van der Waals surface area (Å²) in [5, 5.41) is 8.70. The Bertz CT molecular complexity index is 162. The van der Waals surface area contributed by atoms with Crippen LogP contribution in [0.1, 0.15) is 59.3 Å². The van der Waals surface area contributed by atoms with Crippen LogP contribution in [0, 0.1) is 23.7 Å². The summed E-state index contributed by atoms with van der Waals surface area (Å²) < 4.78 is 0. The molecule has 2 rings (SSSR count). The normalized spacial score (nSPS) is 33.0. The van der Waals surface area contributed by atoms with Crippen LogP contribution >= 0.6 is 0 Å². The Morgan fingerprint density at radius 2 is 1.80 bits per heavy atom. The molecule has 2 aliphatic rings. The number of fused-ring (bicyclic) bond motifs is 2. The van der Waals surface area contributed by atoms with Crippen LogP contribution < -0.4 is 0 Å². The smallest absolute Gasteiger partial charge is 0.0431 e. The molecule has 1 nitrogen and oxygen atoms in total. The Morgan fingerprint density at radius 3 is 2.20 bits per heavy atom. The largest absolute Gasteiger partial charge is 0.396 e. The first-order valence-electron chi connectivity index (χ1n) is 6.74. The van der Waals surface area contributed by atoms with Crippen LogP contribution in [0.25, 0.3) is 0 Å². The van der Waals surface area contributed by atoms with Gasteiger partial charge in [-0.15, -0.1) is 0 Å². The molecule has 0 aromatic heterocycles. The van der Waals surface area contributed by atoms with Crippen molar-refractivity contribution in [1.29, 1.82) is 0 Å². The van der Waals surface area contributed by atoms with Crippen molar-refractivity contribution in [3.8, 4) is 0 Å². The second-order valence-corrected chi connectivity index (χ2v) is 6.03. The molecule has 3 atom stereocenters. The van der Waals surface area contributed by atoms with Gasteiger partial charge in [0.2, 0.25) is 0 Å². The zero-order chi connectivity index (χ0) is 11.3. The van der Waals surface area contributed by atoms with Gasteiger partial charge >= 0.3 is 0 Å². The van der Waals surface area contributed by atoms with Gasteiger partial charge in [0.25, 0.3) is 0 Å². The first kappa shape index (κ1) is 13.0. The Balaban J connectivity index is 0.000000245. The summed E-state index contributed by atoms with van der Waals surface area (Å²) in [5.41, 5.74) is 0. The van der Waals surface area contributed by atoms with Crippen molar-refractivity contribution in [3.63, 3.8) is 0 Å². The topological polar surface area (TPSA) is 20.2 Å². The molecule has 3 unspecified atom stereocenters. The molecule has 1 heteroatoms. The van der Waals surface area contributed by atoms with E-state index < -0.39 is 0 Å². The zero-order valence-electron chi connectivity index (χ0n) is 10.7. The standard InChI is InChI=1S/C10H18O.C4H10/c11-5-1-2-9-6-8-3-4-10(9)7-8;1-4(2)3/h8-11H,1-7H2;4H,1-3H3. The molecular weight excluding hydrogens is 184 g/mol. The summed E-state index contributed by atoms with van der Waals surface area (Å²) in [4.78, 5) is 0. The van der Waals surface area contributed by atoms with Crippen LogP contribution in [-0.4, -0.2) is 11.7 Å². The minimum Gasteiger partial charge on any atom is -0.396 e. The van der Waals surface area contributed by atoms with E-state index in [9.17, 15) is 0 Å². The summed E-state index contributed by atoms with van der Waals surface area (Å²) in [6.07, 6.45) is 8.30. The van der Waals surface area contributed by atoms with Crippen LogP contribution in [0.15, 0.2) is 0 Å². The summed E-state index contributed by atoms with van der Waals surface area (Å²) in [6.45, 7) is 6.90. The predicted molar refractivity (Wildman–Crippen MR) is 65.8 cm³/mol. The van der Waals surface area contributed by atoms with E-state index in [2.05, 4.69) is 20.8 Å². The lowest BCUT2D eigenvalue weighted by Gasteiger charge is -2.20. The highest BCUT2D eigenvalue weighted by atomic mass is 16.2. The molecule has 0 radical (unpaired) electrons. The lowest BCUT2D eigenvalue weighted by Crippen LogP contribution is -2.10. The number of hydrogen-bond donors (Lipinski definition) is 1. The highest BCUT2D eigenvalue weighted by Gasteiger charge is 2.38. The summed E-state index contributed by atoms with van der Waals surface area (Å²) >= 11 is 0. The highest BCUT2D eigenvalue weighted by Crippen LogP contribution is 2.49. The first-order valence-corrected chi connectivity index (χ1v) is 6.74. The van der Waals surface area contributed by atoms with Crippen LogP contribution in [0.4, 0.5) is 0 Å². The molecule has 2 saturated carbocycles. The molecule has 0 spiro atoms. The fourth-order valence-electron chi connectivity index (χ4n) is 3.08. The molecule has 2 fully saturated rings. The first-order chi connectivity index (χ1) is 7.13. The summed E-state index contributed by atoms with van der Waals surface area (Å²) in [7, 11) is 0. The van der Waals surface area contributed by atoms with Crippen molar-refractivity contribution in [1.82, 2.24) is 0 Å². The number of aliphatic hydroxyl groups is 1. The van der Waals surface area contributed by atoms with Crippen LogP contribution in [-0.2, 0) is 0 Å². The minimum absolute atomic E-state index is 0.397. The molecule has 0 aliphatic heterocycles. The Labute approximate surface area is 95.3 Å². The van der Waals surface area contributed by atoms with Gasteiger partial charge in [-0.2, -0.15) is 0 Å². The second-order valence-electron chi connectivity index (χ2n) is 6.03. The predicted octanol–water partition coefficient (Wildman–Crippen LogP) is 3.86. The van der Waals surface area contributed by atoms with Gasteiger partial charge in [-0.3, -0.25) is 0 Å². The molecule has 0 heterocycles. The van der Waals surface area contributed by atoms with E-state index in [0.717, 1.165) is 30.1 Å². The van der Waals surface area contributed by atoms with E-state index in [-0.39, 0.29) is 0 Å². The van der Waals surface area contributed by atoms with Crippen molar-refractivity contribution in [2.45, 2.75) is 59.3 Å². The van der Waals surface area contributed by atoms with Gasteiger partial charge in [-0.25, -0.2) is 0 Å². The van der Waals surface area contributed by atoms with Gasteiger partial charge in [0.05, 0.1) is 0 Å². The molecule has 2 aliphatic carbocycles. The molecule has 2 bridgehead atoms. The third kappa shape index (κ3) is 4.55. The van der Waals surface area contributed by atoms with Crippen molar-refractivity contribution in [2.24, 2.45) is 23.7 Å². The van der Waals surface area contributed by atoms with Crippen LogP contribution in [0.5, 0.6) is 0 Å². The number of hydrogen-bond acceptors (Lipinski definition) is 1. The van der Waals surface area contributed by atoms with Crippen LogP contribution in [0.2, 0.25) is 0 Å². The second kappa shape index (κ2) is 6.52. The van der Waals surface area contributed by atoms with E-state index in [1.54, 1.807) is 0 Å². The van der Waals surface area contributed by atoms with Crippen molar-refractivity contribution < 1.29 is 5.11 Å². The molecule has 15 heavy (non-hydrogen) atoms. The number of aliphatic hydroxyl groups excluding tert-OH is 1. The zero-order valence-corrected chi connectivity index (χ0v) is 10.7. The molecule has 0 aromatic carbocycles. The fraction of sp³-hybridized carbons (Fsp3) is 1.00. The maximum absolute atomic E-state index is 8.70. The Morgan fingerprint density at radius 1 is 1.13 bits per heavy atom. The van der Waals surface area contributed by atoms with Crippen molar-refractivity contribution in [3.05, 3.63) is 0 Å². The van der Waals surface area contributed by atoms with Crippen molar-refractivity contribution in [2.75, 3.05) is 6.61 Å². The summed E-state index contributed by atoms with van der Waals surface area (Å²) in [6, 6.07) is 0. The maximum Gasteiger partial charge on any atom is 0.0431 e. The molecule has 0 aromatic rings. The van der Waals surface area contributed by atoms with Gasteiger partial charge < -0.3 is 5.11 Å². The number of rotatable bonds is 3. The Hall–Kier alpha value is -0.0400. The van der Waals surface area contributed by atoms with E-state index in [1.165, 1.54) is 32.1 Å². The monoisotopic (exact) mass is 212 g/mol. The average Bonchev–Trinajstić information content (AvgIpc) is 2.74. The molecular formula is C14H28O. The third-order valence-electron chi connectivity index (χ3n) is 3.62. The molecule has 0 amide bonds. The van der Waals surface area contributed by atoms with E-state index >= 15 is 0 Å². The highest BCUT2D eigenvalue weighted by molar-refractivity contribution is 4.89. The molecule has 90 valence electrons. The fourth-order valence-corrected chi connectivity index (χ4v) is 3.08. The van der Waals surface area contributed by atoms with E-state index in [0.29, 0.717) is 6.61 Å². The minimum atomic E-state index is 0.397.